The van der Waals surface area contributed by atoms with Gasteiger partial charge in [-0.2, -0.15) is 5.26 Å². The van der Waals surface area contributed by atoms with Crippen molar-refractivity contribution in [3.8, 4) is 17.6 Å². The predicted molar refractivity (Wildman–Crippen MR) is 111 cm³/mol. The Morgan fingerprint density at radius 1 is 1.00 bits per heavy atom. The molecule has 1 N–H and O–H groups in total. The topological polar surface area (TPSA) is 79.9 Å². The quantitative estimate of drug-likeness (QED) is 0.659. The molecule has 1 aromatic heterocycles. The Morgan fingerprint density at radius 3 is 2.60 bits per heavy atom. The molecule has 2 aliphatic rings. The van der Waals surface area contributed by atoms with E-state index in [1.165, 1.54) is 0 Å². The van der Waals surface area contributed by atoms with Crippen LogP contribution in [0.1, 0.15) is 22.3 Å². The lowest BCUT2D eigenvalue weighted by atomic mass is 10.1. The lowest BCUT2D eigenvalue weighted by Gasteiger charge is -2.20. The van der Waals surface area contributed by atoms with Gasteiger partial charge in [0.25, 0.3) is 11.7 Å². The van der Waals surface area contributed by atoms with Crippen molar-refractivity contribution in [2.24, 2.45) is 0 Å². The van der Waals surface area contributed by atoms with Gasteiger partial charge >= 0.3 is 0 Å². The Balaban J connectivity index is 1.42. The van der Waals surface area contributed by atoms with Crippen LogP contribution in [0.4, 0.5) is 5.82 Å². The van der Waals surface area contributed by atoms with E-state index in [9.17, 15) is 10.1 Å². The summed E-state index contributed by atoms with van der Waals surface area (Å²) in [5.74, 6) is 2.22. The third-order valence-electron chi connectivity index (χ3n) is 5.59. The summed E-state index contributed by atoms with van der Waals surface area (Å²) in [5, 5.41) is 10.6. The molecule has 0 bridgehead atoms. The Kier molecular flexibility index (Phi) is 4.60. The van der Waals surface area contributed by atoms with Crippen LogP contribution in [0.5, 0.6) is 11.5 Å². The fourth-order valence-corrected chi connectivity index (χ4v) is 4.05. The highest BCUT2D eigenvalue weighted by Crippen LogP contribution is 2.35. The molecular formula is C23H21N4O3+. The molecule has 2 aliphatic heterocycles. The number of H-pyrrole nitrogens is 1. The molecule has 0 saturated carbocycles. The van der Waals surface area contributed by atoms with Crippen molar-refractivity contribution in [3.05, 3.63) is 59.7 Å². The molecular weight excluding hydrogens is 380 g/mol. The molecule has 30 heavy (non-hydrogen) atoms. The third kappa shape index (κ3) is 3.26. The molecule has 7 heteroatoms. The summed E-state index contributed by atoms with van der Waals surface area (Å²) < 4.78 is 10.9. The number of carbonyl (C=O) groups excluding carboxylic acids is 1. The van der Waals surface area contributed by atoms with E-state index in [4.69, 9.17) is 9.47 Å². The molecule has 5 rings (SSSR count). The van der Waals surface area contributed by atoms with Crippen molar-refractivity contribution >= 4 is 22.6 Å². The van der Waals surface area contributed by atoms with Gasteiger partial charge in [-0.05, 0) is 24.3 Å². The normalized spacial score (nSPS) is 15.7. The van der Waals surface area contributed by atoms with E-state index in [2.05, 4.69) is 16.0 Å². The summed E-state index contributed by atoms with van der Waals surface area (Å²) in [5.41, 5.74) is 2.16. The zero-order valence-electron chi connectivity index (χ0n) is 16.4. The summed E-state index contributed by atoms with van der Waals surface area (Å²) >= 11 is 0. The molecule has 0 atom stereocenters. The highest BCUT2D eigenvalue weighted by Gasteiger charge is 2.28. The number of hydrogen-bond donors (Lipinski definition) is 0. The molecule has 3 heterocycles. The first kappa shape index (κ1) is 18.3. The van der Waals surface area contributed by atoms with E-state index in [1.54, 1.807) is 0 Å². The molecule has 0 spiro atoms. The maximum Gasteiger partial charge on any atom is 0.293 e. The summed E-state index contributed by atoms with van der Waals surface area (Å²) in [6.07, 6.45) is 0.830. The number of rotatable bonds is 2. The van der Waals surface area contributed by atoms with Crippen LogP contribution in [0.25, 0.3) is 10.9 Å². The van der Waals surface area contributed by atoms with Crippen molar-refractivity contribution in [3.63, 3.8) is 0 Å². The van der Waals surface area contributed by atoms with E-state index < -0.39 is 0 Å². The zero-order chi connectivity index (χ0) is 20.5. The van der Waals surface area contributed by atoms with Gasteiger partial charge in [0.1, 0.15) is 23.7 Å². The van der Waals surface area contributed by atoms with Crippen molar-refractivity contribution in [1.82, 2.24) is 4.90 Å². The lowest BCUT2D eigenvalue weighted by Crippen LogP contribution is -2.37. The van der Waals surface area contributed by atoms with Gasteiger partial charge < -0.3 is 14.4 Å². The molecule has 1 fully saturated rings. The minimum Gasteiger partial charge on any atom is -0.454 e. The van der Waals surface area contributed by atoms with E-state index in [0.29, 0.717) is 42.3 Å². The van der Waals surface area contributed by atoms with Crippen LogP contribution in [0.2, 0.25) is 0 Å². The molecule has 0 unspecified atom stereocenters. The van der Waals surface area contributed by atoms with E-state index in [-0.39, 0.29) is 12.7 Å². The monoisotopic (exact) mass is 401 g/mol. The number of pyridine rings is 1. The largest absolute Gasteiger partial charge is 0.454 e. The van der Waals surface area contributed by atoms with Gasteiger partial charge in [0.15, 0.2) is 11.5 Å². The summed E-state index contributed by atoms with van der Waals surface area (Å²) in [6, 6.07) is 17.3. The Morgan fingerprint density at radius 2 is 1.80 bits per heavy atom. The molecule has 1 amide bonds. The van der Waals surface area contributed by atoms with Gasteiger partial charge in [-0.3, -0.25) is 9.69 Å². The minimum absolute atomic E-state index is 0.0492. The van der Waals surface area contributed by atoms with Crippen molar-refractivity contribution in [1.29, 1.82) is 5.26 Å². The third-order valence-corrected chi connectivity index (χ3v) is 5.59. The smallest absolute Gasteiger partial charge is 0.293 e. The average Bonchev–Trinajstić information content (AvgIpc) is 3.10. The molecule has 0 aliphatic carbocycles. The number of benzene rings is 2. The number of hydrogen-bond acceptors (Lipinski definition) is 5. The molecule has 0 radical (unpaired) electrons. The number of anilines is 1. The van der Waals surface area contributed by atoms with Gasteiger partial charge in [0.2, 0.25) is 6.79 Å². The van der Waals surface area contributed by atoms with Gasteiger partial charge in [-0.1, -0.05) is 18.2 Å². The minimum atomic E-state index is 0.0492. The van der Waals surface area contributed by atoms with Crippen molar-refractivity contribution in [2.75, 3.05) is 37.9 Å². The highest BCUT2D eigenvalue weighted by atomic mass is 16.7. The second kappa shape index (κ2) is 7.56. The van der Waals surface area contributed by atoms with Gasteiger partial charge in [0, 0.05) is 30.0 Å². The maximum atomic E-state index is 12.8. The Bertz CT molecular complexity index is 1160. The van der Waals surface area contributed by atoms with Crippen LogP contribution in [0.15, 0.2) is 48.5 Å². The number of amides is 1. The first-order chi connectivity index (χ1) is 14.7. The summed E-state index contributed by atoms with van der Waals surface area (Å²) in [6.45, 7) is 2.92. The van der Waals surface area contributed by atoms with Crippen LogP contribution >= 0.6 is 0 Å². The number of nitriles is 1. The van der Waals surface area contributed by atoms with Gasteiger partial charge in [-0.25, -0.2) is 4.98 Å². The summed E-state index contributed by atoms with van der Waals surface area (Å²) in [4.78, 5) is 20.3. The van der Waals surface area contributed by atoms with Crippen LogP contribution in [0.3, 0.4) is 0 Å². The predicted octanol–water partition coefficient (Wildman–Crippen LogP) is 2.61. The van der Waals surface area contributed by atoms with Crippen molar-refractivity contribution in [2.45, 2.75) is 6.42 Å². The van der Waals surface area contributed by atoms with Crippen LogP contribution in [0, 0.1) is 11.3 Å². The fourth-order valence-electron chi connectivity index (χ4n) is 4.05. The molecule has 150 valence electrons. The number of aromatic amines is 1. The molecule has 2 aromatic carbocycles. The van der Waals surface area contributed by atoms with Crippen LogP contribution in [-0.2, 0) is 0 Å². The van der Waals surface area contributed by atoms with E-state index >= 15 is 0 Å². The Labute approximate surface area is 174 Å². The lowest BCUT2D eigenvalue weighted by molar-refractivity contribution is -0.330. The van der Waals surface area contributed by atoms with E-state index in [1.807, 2.05) is 53.4 Å². The number of aromatic nitrogens is 1. The second-order valence-electron chi connectivity index (χ2n) is 7.43. The van der Waals surface area contributed by atoms with Crippen LogP contribution in [-0.4, -0.2) is 43.8 Å². The average molecular weight is 401 g/mol. The number of nitrogens with one attached hydrogen (secondary N) is 1. The van der Waals surface area contributed by atoms with E-state index in [0.717, 1.165) is 29.7 Å². The van der Waals surface area contributed by atoms with Gasteiger partial charge in [0.05, 0.1) is 13.1 Å². The first-order valence-electron chi connectivity index (χ1n) is 10.0. The standard InChI is InChI=1S/C23H20N4O3/c24-14-18-11-17-12-20-21(30-15-29-20)13-19(17)25-22(18)26-7-4-8-27(10-9-26)23(28)16-5-2-1-3-6-16/h1-3,5-6,11-13H,4,7-10,15H2/p+1. The number of nitrogens with zero attached hydrogens (tertiary/aromatic N) is 3. The molecule has 1 saturated heterocycles. The first-order valence-corrected chi connectivity index (χ1v) is 10.0. The maximum absolute atomic E-state index is 12.8. The number of carbonyl (C=O) groups is 1. The number of ether oxygens (including phenoxy) is 2. The zero-order valence-corrected chi connectivity index (χ0v) is 16.4. The Hall–Kier alpha value is -3.79. The number of fused-ring (bicyclic) bond motifs is 2. The molecule has 3 aromatic rings. The van der Waals surface area contributed by atoms with Crippen molar-refractivity contribution < 1.29 is 19.3 Å². The fraction of sp³-hybridized carbons (Fsp3) is 0.261. The van der Waals surface area contributed by atoms with Crippen LogP contribution < -0.4 is 19.4 Å². The second-order valence-corrected chi connectivity index (χ2v) is 7.43. The molecule has 7 nitrogen and oxygen atoms in total. The summed E-state index contributed by atoms with van der Waals surface area (Å²) in [7, 11) is 0. The SMILES string of the molecule is N#Cc1cc2cc3c(cc2[nH+]c1N1CCCN(C(=O)c2ccccc2)CC1)OCO3. The van der Waals surface area contributed by atoms with Gasteiger partial charge in [-0.15, -0.1) is 0 Å². The highest BCUT2D eigenvalue weighted by molar-refractivity contribution is 5.94.